The third-order valence-electron chi connectivity index (χ3n) is 2.36. The summed E-state index contributed by atoms with van der Waals surface area (Å²) >= 11 is 4.63. The maximum atomic E-state index is 12.1. The molecular weight excluding hydrogens is 316 g/mol. The van der Waals surface area contributed by atoms with Crippen molar-refractivity contribution in [2.45, 2.75) is 6.92 Å². The lowest BCUT2D eigenvalue weighted by Crippen LogP contribution is -2.12. The molecule has 0 radical (unpaired) electrons. The van der Waals surface area contributed by atoms with Crippen molar-refractivity contribution in [3.05, 3.63) is 38.8 Å². The Balaban J connectivity index is 2.21. The molecule has 0 saturated heterocycles. The summed E-state index contributed by atoms with van der Waals surface area (Å²) in [6, 6.07) is 5.37. The molecule has 4 nitrogen and oxygen atoms in total. The molecule has 94 valence electrons. The Bertz CT molecular complexity index is 583. The molecule has 0 atom stereocenters. The summed E-state index contributed by atoms with van der Waals surface area (Å²) in [5.74, 6) is 0.397. The Hall–Kier alpha value is -1.40. The molecule has 0 aliphatic heterocycles. The highest BCUT2D eigenvalue weighted by molar-refractivity contribution is 9.10. The van der Waals surface area contributed by atoms with E-state index in [0.29, 0.717) is 16.3 Å². The number of pyridine rings is 1. The first-order valence-electron chi connectivity index (χ1n) is 5.18. The van der Waals surface area contributed by atoms with Crippen molar-refractivity contribution in [3.63, 3.8) is 0 Å². The maximum Gasteiger partial charge on any atom is 0.269 e. The van der Waals surface area contributed by atoms with E-state index in [1.807, 2.05) is 18.4 Å². The predicted molar refractivity (Wildman–Crippen MR) is 75.5 cm³/mol. The molecule has 0 fully saturated rings. The summed E-state index contributed by atoms with van der Waals surface area (Å²) in [5, 5.41) is 4.64. The second-order valence-corrected chi connectivity index (χ2v) is 5.27. The molecule has 0 bridgehead atoms. The van der Waals surface area contributed by atoms with Crippen molar-refractivity contribution in [1.82, 2.24) is 4.98 Å². The molecule has 0 unspecified atom stereocenters. The van der Waals surface area contributed by atoms with E-state index < -0.39 is 0 Å². The zero-order valence-corrected chi connectivity index (χ0v) is 12.3. The van der Waals surface area contributed by atoms with Crippen LogP contribution >= 0.6 is 27.3 Å². The van der Waals surface area contributed by atoms with Gasteiger partial charge in [0.2, 0.25) is 0 Å². The molecule has 1 N–H and O–H groups in total. The number of hydrogen-bond donors (Lipinski definition) is 1. The minimum atomic E-state index is -0.186. The molecule has 1 amide bonds. The van der Waals surface area contributed by atoms with Crippen LogP contribution in [0.15, 0.2) is 28.2 Å². The first kappa shape index (κ1) is 13.0. The van der Waals surface area contributed by atoms with E-state index in [4.69, 9.17) is 4.74 Å². The molecular formula is C12H11BrN2O2S. The predicted octanol–water partition coefficient (Wildman–Crippen LogP) is 3.47. The molecule has 0 saturated carbocycles. The van der Waals surface area contributed by atoms with Gasteiger partial charge in [-0.05, 0) is 46.4 Å². The summed E-state index contributed by atoms with van der Waals surface area (Å²) in [7, 11) is 1.55. The Kier molecular flexibility index (Phi) is 3.98. The summed E-state index contributed by atoms with van der Waals surface area (Å²) < 4.78 is 5.86. The number of aromatic nitrogens is 1. The van der Waals surface area contributed by atoms with E-state index in [2.05, 4.69) is 26.2 Å². The van der Waals surface area contributed by atoms with Gasteiger partial charge in [0, 0.05) is 0 Å². The monoisotopic (exact) mass is 326 g/mol. The maximum absolute atomic E-state index is 12.1. The molecule has 0 aromatic carbocycles. The third-order valence-corrected chi connectivity index (χ3v) is 3.69. The third kappa shape index (κ3) is 2.70. The van der Waals surface area contributed by atoms with Gasteiger partial charge in [-0.3, -0.25) is 4.79 Å². The first-order valence-corrected chi connectivity index (χ1v) is 6.85. The first-order chi connectivity index (χ1) is 8.61. The number of hydrogen-bond acceptors (Lipinski definition) is 4. The van der Waals surface area contributed by atoms with Crippen molar-refractivity contribution >= 4 is 38.9 Å². The number of anilines is 1. The van der Waals surface area contributed by atoms with Crippen molar-refractivity contribution < 1.29 is 9.53 Å². The molecule has 0 aliphatic rings. The molecule has 0 spiro atoms. The van der Waals surface area contributed by atoms with Gasteiger partial charge in [0.05, 0.1) is 18.5 Å². The number of ether oxygens (including phenoxy) is 1. The van der Waals surface area contributed by atoms with Crippen LogP contribution in [0.5, 0.6) is 5.75 Å². The van der Waals surface area contributed by atoms with Gasteiger partial charge in [-0.15, -0.1) is 11.3 Å². The molecule has 2 rings (SSSR count). The van der Waals surface area contributed by atoms with Gasteiger partial charge in [-0.25, -0.2) is 4.98 Å². The summed E-state index contributed by atoms with van der Waals surface area (Å²) in [5.41, 5.74) is 1.45. The zero-order chi connectivity index (χ0) is 13.1. The Morgan fingerprint density at radius 1 is 1.44 bits per heavy atom. The highest BCUT2D eigenvalue weighted by Gasteiger charge is 2.15. The Labute approximate surface area is 117 Å². The van der Waals surface area contributed by atoms with Crippen LogP contribution < -0.4 is 10.1 Å². The number of carbonyl (C=O) groups is 1. The van der Waals surface area contributed by atoms with Crippen LogP contribution in [0.1, 0.15) is 15.4 Å². The van der Waals surface area contributed by atoms with Crippen molar-refractivity contribution in [1.29, 1.82) is 0 Å². The van der Waals surface area contributed by atoms with E-state index in [-0.39, 0.29) is 5.91 Å². The van der Waals surface area contributed by atoms with Crippen LogP contribution in [0, 0.1) is 6.92 Å². The highest BCUT2D eigenvalue weighted by atomic mass is 79.9. The number of thiophene rings is 1. The van der Waals surface area contributed by atoms with Gasteiger partial charge in [0.1, 0.15) is 15.2 Å². The van der Waals surface area contributed by atoms with E-state index >= 15 is 0 Å². The van der Waals surface area contributed by atoms with E-state index in [9.17, 15) is 4.79 Å². The molecule has 0 aliphatic carbocycles. The molecule has 2 heterocycles. The van der Waals surface area contributed by atoms with Gasteiger partial charge in [0.25, 0.3) is 5.91 Å². The average molecular weight is 327 g/mol. The lowest BCUT2D eigenvalue weighted by molar-refractivity contribution is 0.102. The van der Waals surface area contributed by atoms with Crippen LogP contribution in [0.4, 0.5) is 5.69 Å². The average Bonchev–Trinajstić information content (AvgIpc) is 2.81. The number of rotatable bonds is 3. The Morgan fingerprint density at radius 2 is 2.22 bits per heavy atom. The number of carbonyl (C=O) groups excluding carboxylic acids is 1. The van der Waals surface area contributed by atoms with Crippen molar-refractivity contribution in [2.75, 3.05) is 12.4 Å². The smallest absolute Gasteiger partial charge is 0.269 e. The Morgan fingerprint density at radius 3 is 2.89 bits per heavy atom. The number of aryl methyl sites for hydroxylation is 1. The second-order valence-electron chi connectivity index (χ2n) is 3.54. The van der Waals surface area contributed by atoms with Crippen molar-refractivity contribution in [2.24, 2.45) is 0 Å². The van der Waals surface area contributed by atoms with Gasteiger partial charge in [-0.1, -0.05) is 0 Å². The number of methoxy groups -OCH3 is 1. The fourth-order valence-electron chi connectivity index (χ4n) is 1.47. The number of halogens is 1. The summed E-state index contributed by atoms with van der Waals surface area (Å²) in [6.07, 6.45) is 0. The van der Waals surface area contributed by atoms with Crippen molar-refractivity contribution in [3.8, 4) is 5.75 Å². The minimum absolute atomic E-state index is 0.186. The minimum Gasteiger partial charge on any atom is -0.495 e. The van der Waals surface area contributed by atoms with Crippen LogP contribution in [0.25, 0.3) is 0 Å². The van der Waals surface area contributed by atoms with Crippen LogP contribution in [-0.2, 0) is 0 Å². The van der Waals surface area contributed by atoms with E-state index in [1.54, 1.807) is 19.2 Å². The second kappa shape index (κ2) is 5.49. The topological polar surface area (TPSA) is 51.2 Å². The normalized spacial score (nSPS) is 10.2. The fraction of sp³-hybridized carbons (Fsp3) is 0.167. The summed E-state index contributed by atoms with van der Waals surface area (Å²) in [6.45, 7) is 1.84. The molecule has 6 heteroatoms. The number of nitrogens with one attached hydrogen (secondary N) is 1. The standard InChI is InChI=1S/C12H11BrN2O2S/c1-7-8(3-4-10(13)14-7)15-12(16)11-9(17-2)5-6-18-11/h3-6H,1-2H3,(H,15,16). The molecule has 18 heavy (non-hydrogen) atoms. The zero-order valence-electron chi connectivity index (χ0n) is 9.86. The van der Waals surface area contributed by atoms with E-state index in [0.717, 1.165) is 10.3 Å². The quantitative estimate of drug-likeness (QED) is 0.878. The van der Waals surface area contributed by atoms with Crippen LogP contribution in [-0.4, -0.2) is 18.0 Å². The summed E-state index contributed by atoms with van der Waals surface area (Å²) in [4.78, 5) is 16.9. The van der Waals surface area contributed by atoms with Crippen LogP contribution in [0.3, 0.4) is 0 Å². The SMILES string of the molecule is COc1ccsc1C(=O)Nc1ccc(Br)nc1C. The fourth-order valence-corrected chi connectivity index (χ4v) is 2.62. The van der Waals surface area contributed by atoms with Gasteiger partial charge >= 0.3 is 0 Å². The van der Waals surface area contributed by atoms with Crippen LogP contribution in [0.2, 0.25) is 0 Å². The lowest BCUT2D eigenvalue weighted by Gasteiger charge is -2.08. The van der Waals surface area contributed by atoms with Gasteiger partial charge < -0.3 is 10.1 Å². The van der Waals surface area contributed by atoms with Gasteiger partial charge in [-0.2, -0.15) is 0 Å². The molecule has 2 aromatic rings. The number of amides is 1. The van der Waals surface area contributed by atoms with Gasteiger partial charge in [0.15, 0.2) is 0 Å². The van der Waals surface area contributed by atoms with E-state index in [1.165, 1.54) is 11.3 Å². The highest BCUT2D eigenvalue weighted by Crippen LogP contribution is 2.26. The largest absolute Gasteiger partial charge is 0.495 e. The number of nitrogens with zero attached hydrogens (tertiary/aromatic N) is 1. The molecule has 2 aromatic heterocycles. The lowest BCUT2D eigenvalue weighted by atomic mass is 10.3.